The van der Waals surface area contributed by atoms with E-state index >= 15 is 0 Å². The van der Waals surface area contributed by atoms with Crippen LogP contribution in [0.5, 0.6) is 5.88 Å². The van der Waals surface area contributed by atoms with Crippen LogP contribution in [0.3, 0.4) is 0 Å². The lowest BCUT2D eigenvalue weighted by atomic mass is 10.1. The Balaban J connectivity index is 1.87. The monoisotopic (exact) mass is 322 g/mol. The number of hydrogen-bond acceptors (Lipinski definition) is 5. The van der Waals surface area contributed by atoms with Gasteiger partial charge in [-0.3, -0.25) is 4.68 Å². The van der Waals surface area contributed by atoms with Gasteiger partial charge in [-0.05, 0) is 23.8 Å². The number of aryl methyl sites for hydroxylation is 1. The molecule has 0 saturated carbocycles. The molecule has 0 aliphatic carbocycles. The number of nitrogens with zero attached hydrogens (tertiary/aromatic N) is 4. The molecule has 0 amide bonds. The normalized spacial score (nSPS) is 11.0. The molecule has 4 rings (SSSR count). The number of fused-ring (bicyclic) bond motifs is 1. The zero-order valence-corrected chi connectivity index (χ0v) is 13.5. The van der Waals surface area contributed by atoms with Gasteiger partial charge in [-0.15, -0.1) is 11.3 Å². The van der Waals surface area contributed by atoms with Gasteiger partial charge in [0, 0.05) is 42.0 Å². The lowest BCUT2D eigenvalue weighted by Crippen LogP contribution is -1.88. The van der Waals surface area contributed by atoms with E-state index < -0.39 is 0 Å². The van der Waals surface area contributed by atoms with Gasteiger partial charge in [0.25, 0.3) is 0 Å². The lowest BCUT2D eigenvalue weighted by molar-refractivity contribution is 0.398. The van der Waals surface area contributed by atoms with E-state index in [0.29, 0.717) is 5.88 Å². The molecule has 4 heterocycles. The minimum atomic E-state index is 0.602. The first-order valence-corrected chi connectivity index (χ1v) is 8.00. The van der Waals surface area contributed by atoms with Crippen LogP contribution >= 0.6 is 11.3 Å². The van der Waals surface area contributed by atoms with E-state index in [9.17, 15) is 0 Å². The third kappa shape index (κ3) is 2.47. The summed E-state index contributed by atoms with van der Waals surface area (Å²) in [6.07, 6.45) is 5.55. The molecule has 0 bridgehead atoms. The molecule has 0 aromatic carbocycles. The quantitative estimate of drug-likeness (QED) is 0.576. The Kier molecular flexibility index (Phi) is 3.31. The number of aromatic nitrogens is 4. The maximum Gasteiger partial charge on any atom is 0.213 e. The standard InChI is InChI=1S/C17H14N4OS/c1-21-9-12(8-19-21)14-3-4-15-17(20-14)13(10-23-15)11-5-6-18-16(7-11)22-2/h3-10H,1-2H3. The lowest BCUT2D eigenvalue weighted by Gasteiger charge is -2.03. The van der Waals surface area contributed by atoms with Gasteiger partial charge in [-0.2, -0.15) is 5.10 Å². The molecule has 0 spiro atoms. The van der Waals surface area contributed by atoms with Crippen LogP contribution in [0.25, 0.3) is 32.6 Å². The van der Waals surface area contributed by atoms with Crippen LogP contribution in [0, 0.1) is 0 Å². The van der Waals surface area contributed by atoms with Gasteiger partial charge in [0.15, 0.2) is 0 Å². The summed E-state index contributed by atoms with van der Waals surface area (Å²) >= 11 is 1.69. The highest BCUT2D eigenvalue weighted by Gasteiger charge is 2.11. The molecule has 23 heavy (non-hydrogen) atoms. The molecule has 6 heteroatoms. The summed E-state index contributed by atoms with van der Waals surface area (Å²) in [4.78, 5) is 9.01. The van der Waals surface area contributed by atoms with Crippen LogP contribution in [0.4, 0.5) is 0 Å². The van der Waals surface area contributed by atoms with Crippen molar-refractivity contribution in [2.24, 2.45) is 7.05 Å². The minimum Gasteiger partial charge on any atom is -0.481 e. The zero-order chi connectivity index (χ0) is 15.8. The van der Waals surface area contributed by atoms with Crippen LogP contribution < -0.4 is 4.74 Å². The van der Waals surface area contributed by atoms with Crippen LogP contribution in [-0.4, -0.2) is 26.9 Å². The molecule has 0 saturated heterocycles. The van der Waals surface area contributed by atoms with Crippen molar-refractivity contribution in [3.63, 3.8) is 0 Å². The van der Waals surface area contributed by atoms with E-state index in [4.69, 9.17) is 9.72 Å². The molecule has 114 valence electrons. The van der Waals surface area contributed by atoms with E-state index in [1.165, 1.54) is 0 Å². The van der Waals surface area contributed by atoms with Crippen molar-refractivity contribution in [2.45, 2.75) is 0 Å². The summed E-state index contributed by atoms with van der Waals surface area (Å²) in [5.74, 6) is 0.602. The summed E-state index contributed by atoms with van der Waals surface area (Å²) in [6, 6.07) is 8.05. The summed E-state index contributed by atoms with van der Waals surface area (Å²) in [5.41, 5.74) is 5.07. The smallest absolute Gasteiger partial charge is 0.213 e. The van der Waals surface area contributed by atoms with E-state index in [1.54, 1.807) is 29.3 Å². The fraction of sp³-hybridized carbons (Fsp3) is 0.118. The minimum absolute atomic E-state index is 0.602. The largest absolute Gasteiger partial charge is 0.481 e. The SMILES string of the molecule is COc1cc(-c2csc3ccc(-c4cnn(C)c4)nc23)ccn1. The fourth-order valence-corrected chi connectivity index (χ4v) is 3.43. The Morgan fingerprint density at radius 2 is 2.09 bits per heavy atom. The van der Waals surface area contributed by atoms with Crippen molar-refractivity contribution < 1.29 is 4.74 Å². The van der Waals surface area contributed by atoms with E-state index in [2.05, 4.69) is 21.5 Å². The van der Waals surface area contributed by atoms with Gasteiger partial charge in [0.2, 0.25) is 5.88 Å². The summed E-state index contributed by atoms with van der Waals surface area (Å²) in [7, 11) is 3.53. The molecule has 0 unspecified atom stereocenters. The second-order valence-corrected chi connectivity index (χ2v) is 6.09. The number of thiophene rings is 1. The predicted molar refractivity (Wildman–Crippen MR) is 91.6 cm³/mol. The number of rotatable bonds is 3. The van der Waals surface area contributed by atoms with Crippen molar-refractivity contribution in [1.82, 2.24) is 19.7 Å². The maximum atomic E-state index is 5.22. The second-order valence-electron chi connectivity index (χ2n) is 5.18. The molecule has 4 aromatic rings. The average molecular weight is 322 g/mol. The summed E-state index contributed by atoms with van der Waals surface area (Å²) in [6.45, 7) is 0. The Morgan fingerprint density at radius 3 is 2.87 bits per heavy atom. The third-order valence-electron chi connectivity index (χ3n) is 3.67. The highest BCUT2D eigenvalue weighted by atomic mass is 32.1. The van der Waals surface area contributed by atoms with Crippen LogP contribution in [0.2, 0.25) is 0 Å². The molecular formula is C17H14N4OS. The van der Waals surface area contributed by atoms with Crippen molar-refractivity contribution >= 4 is 21.6 Å². The molecule has 0 N–H and O–H groups in total. The predicted octanol–water partition coefficient (Wildman–Crippen LogP) is 3.77. The molecule has 5 nitrogen and oxygen atoms in total. The molecule has 0 aliphatic heterocycles. The van der Waals surface area contributed by atoms with Gasteiger partial charge in [0.1, 0.15) is 0 Å². The van der Waals surface area contributed by atoms with Crippen molar-refractivity contribution in [3.8, 4) is 28.3 Å². The fourth-order valence-electron chi connectivity index (χ4n) is 2.52. The van der Waals surface area contributed by atoms with E-state index in [1.807, 2.05) is 37.6 Å². The summed E-state index contributed by atoms with van der Waals surface area (Å²) in [5, 5.41) is 6.34. The molecule has 4 aromatic heterocycles. The van der Waals surface area contributed by atoms with Crippen molar-refractivity contribution in [3.05, 3.63) is 48.2 Å². The first-order valence-electron chi connectivity index (χ1n) is 7.12. The molecule has 0 aliphatic rings. The number of hydrogen-bond donors (Lipinski definition) is 0. The van der Waals surface area contributed by atoms with E-state index in [-0.39, 0.29) is 0 Å². The van der Waals surface area contributed by atoms with Crippen LogP contribution in [0.1, 0.15) is 0 Å². The van der Waals surface area contributed by atoms with Crippen molar-refractivity contribution in [1.29, 1.82) is 0 Å². The molecule has 0 atom stereocenters. The van der Waals surface area contributed by atoms with Crippen LogP contribution in [-0.2, 0) is 7.05 Å². The topological polar surface area (TPSA) is 52.8 Å². The molecule has 0 fully saturated rings. The zero-order valence-electron chi connectivity index (χ0n) is 12.7. The number of pyridine rings is 2. The second kappa shape index (κ2) is 5.48. The average Bonchev–Trinajstić information content (AvgIpc) is 3.20. The van der Waals surface area contributed by atoms with E-state index in [0.717, 1.165) is 32.6 Å². The van der Waals surface area contributed by atoms with Gasteiger partial charge in [-0.25, -0.2) is 9.97 Å². The van der Waals surface area contributed by atoms with Gasteiger partial charge >= 0.3 is 0 Å². The maximum absolute atomic E-state index is 5.22. The van der Waals surface area contributed by atoms with Gasteiger partial charge in [-0.1, -0.05) is 0 Å². The first-order chi connectivity index (χ1) is 11.2. The highest BCUT2D eigenvalue weighted by molar-refractivity contribution is 7.17. The Labute approximate surface area is 137 Å². The van der Waals surface area contributed by atoms with Crippen LogP contribution in [0.15, 0.2) is 48.2 Å². The Morgan fingerprint density at radius 1 is 1.17 bits per heavy atom. The van der Waals surface area contributed by atoms with Gasteiger partial charge in [0.05, 0.1) is 29.2 Å². The Bertz CT molecular complexity index is 989. The number of methoxy groups -OCH3 is 1. The summed E-state index contributed by atoms with van der Waals surface area (Å²) < 4.78 is 8.16. The molecule has 0 radical (unpaired) electrons. The Hall–Kier alpha value is -2.73. The highest BCUT2D eigenvalue weighted by Crippen LogP contribution is 2.35. The third-order valence-corrected chi connectivity index (χ3v) is 4.61. The number of ether oxygens (including phenoxy) is 1. The first kappa shape index (κ1) is 13.9. The molecular weight excluding hydrogens is 308 g/mol. The van der Waals surface area contributed by atoms with Gasteiger partial charge < -0.3 is 4.74 Å². The van der Waals surface area contributed by atoms with Crippen molar-refractivity contribution in [2.75, 3.05) is 7.11 Å².